The second-order valence-corrected chi connectivity index (χ2v) is 4.96. The van der Waals surface area contributed by atoms with Gasteiger partial charge in [0.05, 0.1) is 4.88 Å². The Balaban J connectivity index is 0.00000133. The average molecular weight is 299 g/mol. The summed E-state index contributed by atoms with van der Waals surface area (Å²) in [5.41, 5.74) is 0. The highest BCUT2D eigenvalue weighted by Gasteiger charge is 2.26. The summed E-state index contributed by atoms with van der Waals surface area (Å²) in [6, 6.07) is 1.75. The van der Waals surface area contributed by atoms with Crippen LogP contribution < -0.4 is 4.90 Å². The molecule has 0 atom stereocenters. The predicted molar refractivity (Wildman–Crippen MR) is 73.7 cm³/mol. The van der Waals surface area contributed by atoms with Crippen molar-refractivity contribution in [3.63, 3.8) is 0 Å². The Morgan fingerprint density at radius 2 is 2.11 bits per heavy atom. The number of carbonyl (C=O) groups is 1. The molecule has 0 aliphatic carbocycles. The molecule has 1 aliphatic heterocycles. The Morgan fingerprint density at radius 3 is 2.79 bits per heavy atom. The van der Waals surface area contributed by atoms with Gasteiger partial charge in [-0.2, -0.15) is 0 Å². The summed E-state index contributed by atoms with van der Waals surface area (Å²) in [5, 5.41) is 9.12. The van der Waals surface area contributed by atoms with Crippen molar-refractivity contribution < 1.29 is 9.90 Å². The molecule has 0 saturated heterocycles. The number of carboxylic acid groups (broad SMARTS) is 1. The lowest BCUT2D eigenvalue weighted by molar-refractivity contribution is 0.0696. The monoisotopic (exact) mass is 298 g/mol. The molecule has 3 rings (SSSR count). The zero-order chi connectivity index (χ0) is 12.5. The number of aryl methyl sites for hydroxylation is 1. The summed E-state index contributed by atoms with van der Waals surface area (Å²) < 4.78 is 0. The fraction of sp³-hybridized carbons (Fsp3) is 0.273. The summed E-state index contributed by atoms with van der Waals surface area (Å²) in [4.78, 5) is 26.4. The van der Waals surface area contributed by atoms with Crippen molar-refractivity contribution in [3.05, 3.63) is 28.3 Å². The second-order valence-electron chi connectivity index (χ2n) is 3.87. The van der Waals surface area contributed by atoms with Crippen LogP contribution in [0.15, 0.2) is 18.5 Å². The molecule has 0 saturated carbocycles. The van der Waals surface area contributed by atoms with E-state index in [0.717, 1.165) is 24.3 Å². The Bertz CT molecular complexity index is 590. The first-order chi connectivity index (χ1) is 8.75. The zero-order valence-corrected chi connectivity index (χ0v) is 11.4. The van der Waals surface area contributed by atoms with E-state index in [1.807, 2.05) is 4.90 Å². The van der Waals surface area contributed by atoms with Crippen molar-refractivity contribution in [2.45, 2.75) is 12.8 Å². The summed E-state index contributed by atoms with van der Waals surface area (Å²) in [6.07, 6.45) is 5.15. The number of rotatable bonds is 2. The van der Waals surface area contributed by atoms with Crippen molar-refractivity contribution in [2.75, 3.05) is 11.4 Å². The van der Waals surface area contributed by atoms with Crippen LogP contribution >= 0.6 is 23.7 Å². The molecule has 0 unspecified atom stereocenters. The molecule has 1 aliphatic rings. The smallest absolute Gasteiger partial charge is 0.365 e. The van der Waals surface area contributed by atoms with E-state index in [-0.39, 0.29) is 17.4 Å². The molecule has 0 spiro atoms. The van der Waals surface area contributed by atoms with E-state index in [1.165, 1.54) is 11.3 Å². The highest BCUT2D eigenvalue weighted by molar-refractivity contribution is 7.14. The fourth-order valence-corrected chi connectivity index (χ4v) is 2.88. The summed E-state index contributed by atoms with van der Waals surface area (Å²) in [5.74, 6) is 0.277. The van der Waals surface area contributed by atoms with E-state index in [2.05, 4.69) is 15.0 Å². The topological polar surface area (TPSA) is 79.2 Å². The normalized spacial score (nSPS) is 13.6. The minimum atomic E-state index is -0.983. The Labute approximate surface area is 119 Å². The molecule has 6 nitrogen and oxygen atoms in total. The number of carboxylic acids is 1. The molecule has 19 heavy (non-hydrogen) atoms. The molecule has 0 amide bonds. The van der Waals surface area contributed by atoms with E-state index in [1.54, 1.807) is 18.5 Å². The van der Waals surface area contributed by atoms with Gasteiger partial charge in [-0.3, -0.25) is 4.90 Å². The van der Waals surface area contributed by atoms with E-state index in [4.69, 9.17) is 5.11 Å². The molecule has 0 radical (unpaired) electrons. The molecule has 0 fully saturated rings. The van der Waals surface area contributed by atoms with Crippen LogP contribution in [0.3, 0.4) is 0 Å². The molecule has 100 valence electrons. The minimum absolute atomic E-state index is 0. The number of aromatic carboxylic acids is 1. The third kappa shape index (κ3) is 2.52. The standard InChI is InChI=1S/C11H10N4O2S.ClH/c16-10(17)9-14-8-7(18-9)3-1-6-15(8)11-12-4-2-5-13-11;/h2,4-5H,1,3,6H2,(H,16,17);1H. The lowest BCUT2D eigenvalue weighted by Gasteiger charge is -2.25. The molecule has 0 aromatic carbocycles. The summed E-state index contributed by atoms with van der Waals surface area (Å²) in [6.45, 7) is 0.764. The first kappa shape index (κ1) is 13.7. The quantitative estimate of drug-likeness (QED) is 0.915. The minimum Gasteiger partial charge on any atom is -0.476 e. The van der Waals surface area contributed by atoms with Gasteiger partial charge in [0.15, 0.2) is 5.82 Å². The van der Waals surface area contributed by atoms with Gasteiger partial charge in [-0.05, 0) is 18.9 Å². The van der Waals surface area contributed by atoms with E-state index in [0.29, 0.717) is 11.8 Å². The number of anilines is 2. The number of halogens is 1. The maximum atomic E-state index is 11.0. The van der Waals surface area contributed by atoms with Gasteiger partial charge < -0.3 is 5.11 Å². The van der Waals surface area contributed by atoms with Gasteiger partial charge in [-0.25, -0.2) is 19.7 Å². The van der Waals surface area contributed by atoms with Gasteiger partial charge in [0.25, 0.3) is 0 Å². The Hall–Kier alpha value is -1.73. The number of thiazole rings is 1. The lowest BCUT2D eigenvalue weighted by atomic mass is 10.2. The maximum absolute atomic E-state index is 11.0. The molecule has 2 aromatic heterocycles. The maximum Gasteiger partial charge on any atom is 0.365 e. The van der Waals surface area contributed by atoms with Gasteiger partial charge >= 0.3 is 5.97 Å². The number of hydrogen-bond donors (Lipinski definition) is 1. The van der Waals surface area contributed by atoms with Crippen molar-refractivity contribution in [2.24, 2.45) is 0 Å². The molecule has 1 N–H and O–H groups in total. The van der Waals surface area contributed by atoms with Crippen LogP contribution in [0.25, 0.3) is 0 Å². The molecular formula is C11H11ClN4O2S. The highest BCUT2D eigenvalue weighted by Crippen LogP contribution is 2.34. The lowest BCUT2D eigenvalue weighted by Crippen LogP contribution is -2.25. The number of hydrogen-bond acceptors (Lipinski definition) is 6. The van der Waals surface area contributed by atoms with E-state index < -0.39 is 5.97 Å². The third-order valence-electron chi connectivity index (χ3n) is 2.69. The van der Waals surface area contributed by atoms with E-state index in [9.17, 15) is 4.79 Å². The van der Waals surface area contributed by atoms with Crippen molar-refractivity contribution in [1.82, 2.24) is 15.0 Å². The molecule has 8 heteroatoms. The zero-order valence-electron chi connectivity index (χ0n) is 9.81. The third-order valence-corrected chi connectivity index (χ3v) is 3.79. The molecule has 3 heterocycles. The predicted octanol–water partition coefficient (Wildman–Crippen LogP) is 2.14. The Morgan fingerprint density at radius 1 is 1.37 bits per heavy atom. The number of aromatic nitrogens is 3. The highest BCUT2D eigenvalue weighted by atomic mass is 35.5. The van der Waals surface area contributed by atoms with Crippen molar-refractivity contribution in [3.8, 4) is 0 Å². The van der Waals surface area contributed by atoms with E-state index >= 15 is 0 Å². The van der Waals surface area contributed by atoms with Crippen LogP contribution in [0.4, 0.5) is 11.8 Å². The van der Waals surface area contributed by atoms with Crippen LogP contribution in [0.5, 0.6) is 0 Å². The average Bonchev–Trinajstić information content (AvgIpc) is 2.83. The molecule has 0 bridgehead atoms. The SMILES string of the molecule is Cl.O=C(O)c1nc2c(s1)CCCN2c1ncccn1. The number of nitrogens with zero attached hydrogens (tertiary/aromatic N) is 4. The fourth-order valence-electron chi connectivity index (χ4n) is 1.94. The van der Waals surface area contributed by atoms with Gasteiger partial charge in [0.1, 0.15) is 0 Å². The van der Waals surface area contributed by atoms with Crippen LogP contribution in [0.2, 0.25) is 0 Å². The van der Waals surface area contributed by atoms with Crippen LogP contribution in [0, 0.1) is 0 Å². The second kappa shape index (κ2) is 5.50. The van der Waals surface area contributed by atoms with Crippen LogP contribution in [0.1, 0.15) is 21.1 Å². The van der Waals surface area contributed by atoms with Crippen molar-refractivity contribution >= 4 is 41.5 Å². The Kier molecular flexibility index (Phi) is 3.96. The van der Waals surface area contributed by atoms with Gasteiger partial charge in [-0.15, -0.1) is 23.7 Å². The van der Waals surface area contributed by atoms with Gasteiger partial charge in [0.2, 0.25) is 11.0 Å². The van der Waals surface area contributed by atoms with Gasteiger partial charge in [-0.1, -0.05) is 0 Å². The number of fused-ring (bicyclic) bond motifs is 1. The molecule has 2 aromatic rings. The van der Waals surface area contributed by atoms with Crippen LogP contribution in [-0.2, 0) is 6.42 Å². The first-order valence-electron chi connectivity index (χ1n) is 5.53. The van der Waals surface area contributed by atoms with Crippen molar-refractivity contribution in [1.29, 1.82) is 0 Å². The van der Waals surface area contributed by atoms with Gasteiger partial charge in [0, 0.05) is 18.9 Å². The van der Waals surface area contributed by atoms with Crippen LogP contribution in [-0.4, -0.2) is 32.6 Å². The largest absolute Gasteiger partial charge is 0.476 e. The summed E-state index contributed by atoms with van der Waals surface area (Å²) in [7, 11) is 0. The molecular weight excluding hydrogens is 288 g/mol. The first-order valence-corrected chi connectivity index (χ1v) is 6.35. The summed E-state index contributed by atoms with van der Waals surface area (Å²) >= 11 is 1.23.